The van der Waals surface area contributed by atoms with Crippen molar-refractivity contribution in [1.29, 1.82) is 0 Å². The Morgan fingerprint density at radius 1 is 0.812 bits per heavy atom. The second-order valence-corrected chi connectivity index (χ2v) is 9.16. The minimum Gasteiger partial charge on any atom is -0.329 e. The molecule has 0 aromatic heterocycles. The van der Waals surface area contributed by atoms with E-state index in [1.807, 2.05) is 31.2 Å². The Kier molecular flexibility index (Phi) is 4.65. The molecule has 3 saturated carbocycles. The molecule has 7 nitrogen and oxygen atoms in total. The number of rotatable bonds is 4. The third kappa shape index (κ3) is 3.03. The molecule has 0 radical (unpaired) electrons. The van der Waals surface area contributed by atoms with Gasteiger partial charge >= 0.3 is 5.97 Å². The largest absolute Gasteiger partial charge is 0.339 e. The van der Waals surface area contributed by atoms with Crippen LogP contribution in [0.3, 0.4) is 0 Å². The van der Waals surface area contributed by atoms with Crippen LogP contribution in [0.15, 0.2) is 48.5 Å². The minimum absolute atomic E-state index is 0.00573. The smallest absolute Gasteiger partial charge is 0.329 e. The summed E-state index contributed by atoms with van der Waals surface area (Å²) in [5.41, 5.74) is 1.02. The highest BCUT2D eigenvalue weighted by atomic mass is 16.7. The van der Waals surface area contributed by atoms with E-state index in [2.05, 4.69) is 5.32 Å². The maximum atomic E-state index is 13.1. The quantitative estimate of drug-likeness (QED) is 0.737. The lowest BCUT2D eigenvalue weighted by molar-refractivity contribution is -0.191. The normalized spacial score (nSPS) is 26.1. The summed E-state index contributed by atoms with van der Waals surface area (Å²) in [7, 11) is 0. The topological polar surface area (TPSA) is 92.8 Å². The molecule has 1 N–H and O–H groups in total. The zero-order valence-corrected chi connectivity index (χ0v) is 17.8. The second-order valence-electron chi connectivity index (χ2n) is 9.16. The molecule has 0 unspecified atom stereocenters. The van der Waals surface area contributed by atoms with Gasteiger partial charge in [-0.25, -0.2) is 4.79 Å². The molecule has 164 valence electrons. The number of anilines is 1. The molecule has 2 aromatic rings. The van der Waals surface area contributed by atoms with Crippen LogP contribution in [-0.4, -0.2) is 28.8 Å². The molecule has 0 saturated heterocycles. The Balaban J connectivity index is 1.27. The highest BCUT2D eigenvalue weighted by molar-refractivity contribution is 6.21. The van der Waals surface area contributed by atoms with Crippen LogP contribution < -0.4 is 5.32 Å². The molecular weight excluding hydrogens is 408 g/mol. The van der Waals surface area contributed by atoms with Gasteiger partial charge in [0.2, 0.25) is 5.91 Å². The summed E-state index contributed by atoms with van der Waals surface area (Å²) >= 11 is 0. The first-order valence-corrected chi connectivity index (χ1v) is 10.9. The molecule has 0 spiro atoms. The number of hydrogen-bond acceptors (Lipinski definition) is 5. The van der Waals surface area contributed by atoms with E-state index in [0.717, 1.165) is 11.3 Å². The van der Waals surface area contributed by atoms with Crippen molar-refractivity contribution in [3.8, 4) is 0 Å². The number of aryl methyl sites for hydroxylation is 1. The first-order chi connectivity index (χ1) is 15.4. The Bertz CT molecular complexity index is 1090. The van der Waals surface area contributed by atoms with Crippen molar-refractivity contribution in [1.82, 2.24) is 5.06 Å². The third-order valence-corrected chi connectivity index (χ3v) is 7.49. The van der Waals surface area contributed by atoms with Crippen LogP contribution in [0.1, 0.15) is 64.8 Å². The van der Waals surface area contributed by atoms with Gasteiger partial charge in [0.15, 0.2) is 0 Å². The average Bonchev–Trinajstić information content (AvgIpc) is 3.06. The minimum atomic E-state index is -0.764. The summed E-state index contributed by atoms with van der Waals surface area (Å²) in [6.45, 7) is 1.95. The SMILES string of the molecule is Cc1ccccc1NC(=O)C12CCC(C(=O)ON3C(=O)c4ccccc4C3=O)(CC1)CC2. The van der Waals surface area contributed by atoms with E-state index < -0.39 is 28.6 Å². The Labute approximate surface area is 185 Å². The van der Waals surface area contributed by atoms with Gasteiger partial charge in [0.1, 0.15) is 0 Å². The van der Waals surface area contributed by atoms with Gasteiger partial charge in [-0.2, -0.15) is 0 Å². The van der Waals surface area contributed by atoms with Crippen molar-refractivity contribution < 1.29 is 24.0 Å². The maximum Gasteiger partial charge on any atom is 0.339 e. The molecule has 32 heavy (non-hydrogen) atoms. The molecule has 3 aliphatic carbocycles. The molecule has 2 aromatic carbocycles. The van der Waals surface area contributed by atoms with Gasteiger partial charge in [-0.1, -0.05) is 35.4 Å². The number of fused-ring (bicyclic) bond motifs is 4. The number of hydroxylamine groups is 2. The number of amides is 3. The van der Waals surface area contributed by atoms with E-state index in [0.29, 0.717) is 43.6 Å². The summed E-state index contributed by atoms with van der Waals surface area (Å²) in [6.07, 6.45) is 3.20. The monoisotopic (exact) mass is 432 g/mol. The van der Waals surface area contributed by atoms with Crippen molar-refractivity contribution in [3.05, 3.63) is 65.2 Å². The number of imide groups is 1. The van der Waals surface area contributed by atoms with Gasteiger partial charge in [-0.05, 0) is 69.2 Å². The van der Waals surface area contributed by atoms with Crippen LogP contribution in [0.2, 0.25) is 0 Å². The first kappa shape index (κ1) is 20.4. The van der Waals surface area contributed by atoms with Crippen molar-refractivity contribution in [2.45, 2.75) is 45.4 Å². The predicted octanol–water partition coefficient (Wildman–Crippen LogP) is 4.03. The van der Waals surface area contributed by atoms with Crippen molar-refractivity contribution in [2.75, 3.05) is 5.32 Å². The van der Waals surface area contributed by atoms with Crippen molar-refractivity contribution in [2.24, 2.45) is 10.8 Å². The van der Waals surface area contributed by atoms with Gasteiger partial charge in [-0.3, -0.25) is 14.4 Å². The van der Waals surface area contributed by atoms with E-state index in [1.165, 1.54) is 0 Å². The highest BCUT2D eigenvalue weighted by Crippen LogP contribution is 2.58. The fraction of sp³-hybridized carbons (Fsp3) is 0.360. The molecule has 0 atom stereocenters. The van der Waals surface area contributed by atoms with Gasteiger partial charge in [-0.15, -0.1) is 0 Å². The summed E-state index contributed by atoms with van der Waals surface area (Å²) in [5.74, 6) is -1.80. The number of nitrogens with zero attached hydrogens (tertiary/aromatic N) is 1. The highest BCUT2D eigenvalue weighted by Gasteiger charge is 2.57. The second kappa shape index (κ2) is 7.29. The number of benzene rings is 2. The number of nitrogens with one attached hydrogen (secondary N) is 1. The molecular formula is C25H24N2O5. The fourth-order valence-corrected chi connectivity index (χ4v) is 5.23. The zero-order chi connectivity index (χ0) is 22.5. The van der Waals surface area contributed by atoms with Gasteiger partial charge < -0.3 is 10.2 Å². The number of para-hydroxylation sites is 1. The Morgan fingerprint density at radius 2 is 1.31 bits per heavy atom. The molecule has 7 heteroatoms. The molecule has 3 fully saturated rings. The van der Waals surface area contributed by atoms with Crippen LogP contribution in [0.5, 0.6) is 0 Å². The van der Waals surface area contributed by atoms with E-state index >= 15 is 0 Å². The van der Waals surface area contributed by atoms with E-state index in [4.69, 9.17) is 4.84 Å². The van der Waals surface area contributed by atoms with Crippen LogP contribution in [-0.2, 0) is 14.4 Å². The predicted molar refractivity (Wildman–Crippen MR) is 115 cm³/mol. The van der Waals surface area contributed by atoms with Crippen LogP contribution in [0, 0.1) is 17.8 Å². The summed E-state index contributed by atoms with van der Waals surface area (Å²) in [5, 5.41) is 3.65. The number of carbonyl (C=O) groups is 4. The lowest BCUT2D eigenvalue weighted by atomic mass is 9.53. The van der Waals surface area contributed by atoms with Gasteiger partial charge in [0, 0.05) is 11.1 Å². The van der Waals surface area contributed by atoms with Crippen molar-refractivity contribution >= 4 is 29.4 Å². The average molecular weight is 432 g/mol. The molecule has 4 aliphatic rings. The van der Waals surface area contributed by atoms with Crippen LogP contribution in [0.4, 0.5) is 5.69 Å². The standard InChI is InChI=1S/C25H24N2O5/c1-16-6-2-5-9-19(16)26-22(30)24-10-13-25(14-11-24,15-12-24)23(31)32-27-20(28)17-7-3-4-8-18(17)21(27)29/h2-9H,10-15H2,1H3,(H,26,30). The fourth-order valence-electron chi connectivity index (χ4n) is 5.23. The molecule has 6 rings (SSSR count). The summed E-state index contributed by atoms with van der Waals surface area (Å²) in [6, 6.07) is 14.1. The molecule has 2 bridgehead atoms. The van der Waals surface area contributed by atoms with Crippen LogP contribution in [0.25, 0.3) is 0 Å². The third-order valence-electron chi connectivity index (χ3n) is 7.49. The maximum absolute atomic E-state index is 13.1. The Morgan fingerprint density at radius 3 is 1.88 bits per heavy atom. The van der Waals surface area contributed by atoms with Crippen LogP contribution >= 0.6 is 0 Å². The first-order valence-electron chi connectivity index (χ1n) is 10.9. The van der Waals surface area contributed by atoms with E-state index in [1.54, 1.807) is 24.3 Å². The lowest BCUT2D eigenvalue weighted by Gasteiger charge is -2.50. The zero-order valence-electron chi connectivity index (χ0n) is 17.8. The van der Waals surface area contributed by atoms with Gasteiger partial charge in [0.25, 0.3) is 11.8 Å². The number of hydrogen-bond donors (Lipinski definition) is 1. The summed E-state index contributed by atoms with van der Waals surface area (Å²) in [4.78, 5) is 56.7. The van der Waals surface area contributed by atoms with E-state index in [-0.39, 0.29) is 17.0 Å². The molecule has 1 aliphatic heterocycles. The van der Waals surface area contributed by atoms with E-state index in [9.17, 15) is 19.2 Å². The van der Waals surface area contributed by atoms with Gasteiger partial charge in [0.05, 0.1) is 16.5 Å². The summed E-state index contributed by atoms with van der Waals surface area (Å²) < 4.78 is 0. The molecule has 3 amide bonds. The molecule has 1 heterocycles. The van der Waals surface area contributed by atoms with Crippen molar-refractivity contribution in [3.63, 3.8) is 0 Å². The Hall–Kier alpha value is -3.48. The lowest BCUT2D eigenvalue weighted by Crippen LogP contribution is -2.52. The number of carbonyl (C=O) groups excluding carboxylic acids is 4.